The molecule has 33 heavy (non-hydrogen) atoms. The van der Waals surface area contributed by atoms with Crippen LogP contribution in [0.2, 0.25) is 0 Å². The van der Waals surface area contributed by atoms with Crippen LogP contribution < -0.4 is 10.1 Å². The third-order valence-corrected chi connectivity index (χ3v) is 8.03. The molecule has 2 aliphatic rings. The number of amides is 2. The number of carbonyl (C=O) groups excluding carboxylic acids is 2. The summed E-state index contributed by atoms with van der Waals surface area (Å²) >= 11 is 0. The zero-order chi connectivity index (χ0) is 23.4. The fourth-order valence-corrected chi connectivity index (χ4v) is 5.79. The maximum Gasteiger partial charge on any atom is 0.255 e. The number of carbonyl (C=O) groups is 2. The average molecular weight is 472 g/mol. The van der Waals surface area contributed by atoms with Gasteiger partial charge in [0.2, 0.25) is 15.9 Å². The quantitative estimate of drug-likeness (QED) is 0.669. The van der Waals surface area contributed by atoms with Crippen molar-refractivity contribution in [2.75, 3.05) is 32.1 Å². The minimum Gasteiger partial charge on any atom is -0.495 e. The lowest BCUT2D eigenvalue weighted by Gasteiger charge is -2.26. The third kappa shape index (κ3) is 5.20. The van der Waals surface area contributed by atoms with Crippen LogP contribution in [0.15, 0.2) is 47.4 Å². The number of likely N-dealkylation sites (tertiary alicyclic amines) is 1. The predicted octanol–water partition coefficient (Wildman–Crippen LogP) is 3.24. The molecule has 2 aliphatic heterocycles. The molecule has 2 aromatic carbocycles. The van der Waals surface area contributed by atoms with E-state index in [2.05, 4.69) is 5.32 Å². The summed E-state index contributed by atoms with van der Waals surface area (Å²) in [5.74, 6) is 0.165. The van der Waals surface area contributed by atoms with Gasteiger partial charge in [-0.1, -0.05) is 18.6 Å². The van der Waals surface area contributed by atoms with Gasteiger partial charge >= 0.3 is 0 Å². The van der Waals surface area contributed by atoms with E-state index in [9.17, 15) is 18.0 Å². The SMILES string of the molecule is COc1ccc(S(=O)(=O)N2CCCCC2)cc1NC(=O)c1ccc(CN2CCCC2=O)cc1. The molecular weight excluding hydrogens is 442 g/mol. The minimum absolute atomic E-state index is 0.131. The number of methoxy groups -OCH3 is 1. The van der Waals surface area contributed by atoms with Crippen molar-refractivity contribution >= 4 is 27.5 Å². The number of nitrogens with zero attached hydrogens (tertiary/aromatic N) is 2. The molecule has 0 atom stereocenters. The van der Waals surface area contributed by atoms with Gasteiger partial charge in [-0.3, -0.25) is 9.59 Å². The first-order valence-corrected chi connectivity index (χ1v) is 12.7. The second kappa shape index (κ2) is 9.93. The zero-order valence-corrected chi connectivity index (χ0v) is 19.6. The molecule has 0 bridgehead atoms. The number of piperidine rings is 1. The second-order valence-corrected chi connectivity index (χ2v) is 10.3. The summed E-state index contributed by atoms with van der Waals surface area (Å²) in [7, 11) is -2.17. The van der Waals surface area contributed by atoms with Gasteiger partial charge in [0, 0.05) is 38.2 Å². The fourth-order valence-electron chi connectivity index (χ4n) is 4.25. The van der Waals surface area contributed by atoms with Crippen molar-refractivity contribution in [2.45, 2.75) is 43.5 Å². The first kappa shape index (κ1) is 23.3. The van der Waals surface area contributed by atoms with E-state index in [1.807, 2.05) is 17.0 Å². The Balaban J connectivity index is 1.50. The van der Waals surface area contributed by atoms with Gasteiger partial charge in [0.15, 0.2) is 0 Å². The summed E-state index contributed by atoms with van der Waals surface area (Å²) in [4.78, 5) is 26.6. The lowest BCUT2D eigenvalue weighted by molar-refractivity contribution is -0.128. The van der Waals surface area contributed by atoms with E-state index in [1.54, 1.807) is 18.2 Å². The van der Waals surface area contributed by atoms with Crippen LogP contribution in [0.25, 0.3) is 0 Å². The number of benzene rings is 2. The molecule has 2 amide bonds. The summed E-state index contributed by atoms with van der Waals surface area (Å²) in [5, 5.41) is 2.78. The van der Waals surface area contributed by atoms with Gasteiger partial charge in [-0.2, -0.15) is 4.31 Å². The fraction of sp³-hybridized carbons (Fsp3) is 0.417. The highest BCUT2D eigenvalue weighted by atomic mass is 32.2. The summed E-state index contributed by atoms with van der Waals surface area (Å²) in [6, 6.07) is 11.6. The maximum absolute atomic E-state index is 13.0. The Morgan fingerprint density at radius 3 is 2.36 bits per heavy atom. The van der Waals surface area contributed by atoms with Crippen LogP contribution in [0.3, 0.4) is 0 Å². The highest BCUT2D eigenvalue weighted by molar-refractivity contribution is 7.89. The number of nitrogens with one attached hydrogen (secondary N) is 1. The van der Waals surface area contributed by atoms with Gasteiger partial charge in [-0.15, -0.1) is 0 Å². The molecule has 2 saturated heterocycles. The number of sulfonamides is 1. The van der Waals surface area contributed by atoms with Crippen molar-refractivity contribution in [3.05, 3.63) is 53.6 Å². The van der Waals surface area contributed by atoms with Crippen LogP contribution >= 0.6 is 0 Å². The van der Waals surface area contributed by atoms with E-state index in [0.29, 0.717) is 43.1 Å². The van der Waals surface area contributed by atoms with Crippen molar-refractivity contribution in [1.29, 1.82) is 0 Å². The molecule has 0 saturated carbocycles. The summed E-state index contributed by atoms with van der Waals surface area (Å²) in [6.07, 6.45) is 4.20. The van der Waals surface area contributed by atoms with Gasteiger partial charge in [0.1, 0.15) is 5.75 Å². The third-order valence-electron chi connectivity index (χ3n) is 6.13. The lowest BCUT2D eigenvalue weighted by atomic mass is 10.1. The Morgan fingerprint density at radius 1 is 1.00 bits per heavy atom. The first-order chi connectivity index (χ1) is 15.9. The minimum atomic E-state index is -3.64. The molecule has 0 aromatic heterocycles. The van der Waals surface area contributed by atoms with Crippen molar-refractivity contribution in [3.63, 3.8) is 0 Å². The number of ether oxygens (including phenoxy) is 1. The Morgan fingerprint density at radius 2 is 1.73 bits per heavy atom. The molecule has 0 spiro atoms. The normalized spacial score (nSPS) is 17.2. The van der Waals surface area contributed by atoms with E-state index in [-0.39, 0.29) is 16.7 Å². The molecule has 0 radical (unpaired) electrons. The highest BCUT2D eigenvalue weighted by Gasteiger charge is 2.27. The van der Waals surface area contributed by atoms with Crippen molar-refractivity contribution < 1.29 is 22.7 Å². The number of anilines is 1. The van der Waals surface area contributed by atoms with E-state index >= 15 is 0 Å². The molecule has 2 fully saturated rings. The van der Waals surface area contributed by atoms with E-state index in [4.69, 9.17) is 4.74 Å². The van der Waals surface area contributed by atoms with Crippen LogP contribution in [-0.4, -0.2) is 56.2 Å². The Kier molecular flexibility index (Phi) is 6.99. The van der Waals surface area contributed by atoms with Crippen LogP contribution in [0, 0.1) is 0 Å². The first-order valence-electron chi connectivity index (χ1n) is 11.2. The van der Waals surface area contributed by atoms with Gasteiger partial charge < -0.3 is 15.0 Å². The Labute approximate surface area is 194 Å². The molecular formula is C24H29N3O5S. The van der Waals surface area contributed by atoms with Crippen LogP contribution in [-0.2, 0) is 21.4 Å². The Hall–Kier alpha value is -2.91. The molecule has 176 valence electrons. The van der Waals surface area contributed by atoms with Crippen LogP contribution in [0.5, 0.6) is 5.75 Å². The van der Waals surface area contributed by atoms with E-state index in [0.717, 1.165) is 37.8 Å². The van der Waals surface area contributed by atoms with Gasteiger partial charge in [0.25, 0.3) is 5.91 Å². The summed E-state index contributed by atoms with van der Waals surface area (Å²) < 4.78 is 32.9. The average Bonchev–Trinajstić information content (AvgIpc) is 3.24. The van der Waals surface area contributed by atoms with E-state index < -0.39 is 10.0 Å². The highest BCUT2D eigenvalue weighted by Crippen LogP contribution is 2.30. The molecule has 8 nitrogen and oxygen atoms in total. The van der Waals surface area contributed by atoms with E-state index in [1.165, 1.54) is 23.5 Å². The molecule has 9 heteroatoms. The standard InChI is InChI=1S/C24H29N3O5S/c1-32-22-12-11-20(33(30,31)27-14-3-2-4-15-27)16-21(22)25-24(29)19-9-7-18(8-10-19)17-26-13-5-6-23(26)28/h7-12,16H,2-6,13-15,17H2,1H3,(H,25,29). The number of hydrogen-bond donors (Lipinski definition) is 1. The summed E-state index contributed by atoms with van der Waals surface area (Å²) in [5.41, 5.74) is 1.68. The van der Waals surface area contributed by atoms with Crippen molar-refractivity contribution in [1.82, 2.24) is 9.21 Å². The zero-order valence-electron chi connectivity index (χ0n) is 18.7. The van der Waals surface area contributed by atoms with Crippen LogP contribution in [0.4, 0.5) is 5.69 Å². The maximum atomic E-state index is 13.0. The van der Waals surface area contributed by atoms with Gasteiger partial charge in [0.05, 0.1) is 17.7 Å². The smallest absolute Gasteiger partial charge is 0.255 e. The van der Waals surface area contributed by atoms with Crippen molar-refractivity contribution in [2.24, 2.45) is 0 Å². The molecule has 4 rings (SSSR count). The van der Waals surface area contributed by atoms with Gasteiger partial charge in [-0.05, 0) is 55.2 Å². The molecule has 0 aliphatic carbocycles. The predicted molar refractivity (Wildman–Crippen MR) is 125 cm³/mol. The summed E-state index contributed by atoms with van der Waals surface area (Å²) in [6.45, 7) is 2.30. The second-order valence-electron chi connectivity index (χ2n) is 8.40. The van der Waals surface area contributed by atoms with Crippen LogP contribution in [0.1, 0.15) is 48.0 Å². The Bertz CT molecular complexity index is 1130. The number of rotatable bonds is 7. The van der Waals surface area contributed by atoms with Gasteiger partial charge in [-0.25, -0.2) is 8.42 Å². The molecule has 2 heterocycles. The molecule has 1 N–H and O–H groups in total. The van der Waals surface area contributed by atoms with Crippen molar-refractivity contribution in [3.8, 4) is 5.75 Å². The molecule has 0 unspecified atom stereocenters. The topological polar surface area (TPSA) is 96.0 Å². The number of hydrogen-bond acceptors (Lipinski definition) is 5. The molecule has 2 aromatic rings. The monoisotopic (exact) mass is 471 g/mol. The largest absolute Gasteiger partial charge is 0.495 e. The lowest BCUT2D eigenvalue weighted by Crippen LogP contribution is -2.35.